The summed E-state index contributed by atoms with van der Waals surface area (Å²) in [5.74, 6) is 0.730. The maximum absolute atomic E-state index is 12.3. The first-order valence-corrected chi connectivity index (χ1v) is 8.03. The zero-order valence-electron chi connectivity index (χ0n) is 13.8. The molecule has 0 spiro atoms. The fourth-order valence-corrected chi connectivity index (χ4v) is 2.72. The minimum absolute atomic E-state index is 0.0348. The number of carbonyl (C=O) groups excluding carboxylic acids is 1. The maximum atomic E-state index is 12.3. The topological polar surface area (TPSA) is 32.3 Å². The maximum Gasteiger partial charge on any atom is 0.321 e. The molecule has 1 unspecified atom stereocenters. The van der Waals surface area contributed by atoms with Crippen LogP contribution in [0.1, 0.15) is 52.5 Å². The van der Waals surface area contributed by atoms with Gasteiger partial charge in [-0.3, -0.25) is 0 Å². The van der Waals surface area contributed by atoms with Gasteiger partial charge in [-0.1, -0.05) is 39.8 Å². The highest BCUT2D eigenvalue weighted by Gasteiger charge is 2.19. The van der Waals surface area contributed by atoms with Gasteiger partial charge >= 0.3 is 6.03 Å². The van der Waals surface area contributed by atoms with E-state index in [9.17, 15) is 4.79 Å². The van der Waals surface area contributed by atoms with E-state index in [1.54, 1.807) is 0 Å². The number of carbonyl (C=O) groups is 1. The summed E-state index contributed by atoms with van der Waals surface area (Å²) in [5.41, 5.74) is 2.30. The summed E-state index contributed by atoms with van der Waals surface area (Å²) in [5, 5.41) is 3.02. The molecule has 3 nitrogen and oxygen atoms in total. The fourth-order valence-electron chi connectivity index (χ4n) is 2.72. The molecule has 1 aliphatic rings. The zero-order chi connectivity index (χ0) is 15.5. The summed E-state index contributed by atoms with van der Waals surface area (Å²) >= 11 is 0. The number of benzene rings is 1. The van der Waals surface area contributed by atoms with Crippen LogP contribution in [0.5, 0.6) is 0 Å². The smallest absolute Gasteiger partial charge is 0.321 e. The van der Waals surface area contributed by atoms with Gasteiger partial charge in [-0.05, 0) is 48.3 Å². The largest absolute Gasteiger partial charge is 0.325 e. The molecule has 1 heterocycles. The van der Waals surface area contributed by atoms with Gasteiger partial charge in [0.1, 0.15) is 0 Å². The van der Waals surface area contributed by atoms with Gasteiger partial charge < -0.3 is 10.2 Å². The third-order valence-electron chi connectivity index (χ3n) is 4.31. The van der Waals surface area contributed by atoms with E-state index in [2.05, 4.69) is 45.1 Å². The predicted molar refractivity (Wildman–Crippen MR) is 88.7 cm³/mol. The van der Waals surface area contributed by atoms with E-state index in [0.717, 1.165) is 37.5 Å². The molecular weight excluding hydrogens is 260 g/mol. The Morgan fingerprint density at radius 1 is 1.14 bits per heavy atom. The Bertz CT molecular complexity index is 473. The molecule has 0 radical (unpaired) electrons. The lowest BCUT2D eigenvalue weighted by Crippen LogP contribution is -2.35. The monoisotopic (exact) mass is 288 g/mol. The predicted octanol–water partition coefficient (Wildman–Crippen LogP) is 4.64. The van der Waals surface area contributed by atoms with Crippen molar-refractivity contribution < 1.29 is 4.79 Å². The van der Waals surface area contributed by atoms with Crippen LogP contribution in [0.15, 0.2) is 24.3 Å². The second-order valence-corrected chi connectivity index (χ2v) is 7.28. The number of nitrogens with one attached hydrogen (secondary N) is 1. The number of likely N-dealkylation sites (tertiary alicyclic amines) is 1. The van der Waals surface area contributed by atoms with E-state index in [0.29, 0.717) is 0 Å². The Hall–Kier alpha value is -1.51. The van der Waals surface area contributed by atoms with Crippen LogP contribution in [0.25, 0.3) is 0 Å². The Balaban J connectivity index is 1.96. The fraction of sp³-hybridized carbons (Fsp3) is 0.611. The lowest BCUT2D eigenvalue weighted by molar-refractivity contribution is 0.213. The van der Waals surface area contributed by atoms with Crippen LogP contribution in [0.4, 0.5) is 10.5 Å². The van der Waals surface area contributed by atoms with Crippen molar-refractivity contribution in [2.75, 3.05) is 18.4 Å². The summed E-state index contributed by atoms with van der Waals surface area (Å²) < 4.78 is 0. The molecule has 1 atom stereocenters. The third kappa shape index (κ3) is 4.48. The van der Waals surface area contributed by atoms with Gasteiger partial charge in [-0.25, -0.2) is 4.79 Å². The second kappa shape index (κ2) is 6.50. The summed E-state index contributed by atoms with van der Waals surface area (Å²) in [6.07, 6.45) is 3.44. The van der Waals surface area contributed by atoms with E-state index >= 15 is 0 Å². The second-order valence-electron chi connectivity index (χ2n) is 7.28. The molecule has 0 aromatic heterocycles. The first-order chi connectivity index (χ1) is 9.86. The van der Waals surface area contributed by atoms with Gasteiger partial charge in [0.15, 0.2) is 0 Å². The van der Waals surface area contributed by atoms with Crippen molar-refractivity contribution in [3.63, 3.8) is 0 Å². The highest BCUT2D eigenvalue weighted by molar-refractivity contribution is 5.89. The zero-order valence-corrected chi connectivity index (χ0v) is 13.8. The Morgan fingerprint density at radius 3 is 2.43 bits per heavy atom. The molecule has 21 heavy (non-hydrogen) atoms. The van der Waals surface area contributed by atoms with Crippen molar-refractivity contribution in [1.29, 1.82) is 0 Å². The van der Waals surface area contributed by atoms with Gasteiger partial charge in [0.05, 0.1) is 0 Å². The van der Waals surface area contributed by atoms with Gasteiger partial charge in [-0.15, -0.1) is 0 Å². The van der Waals surface area contributed by atoms with Gasteiger partial charge in [-0.2, -0.15) is 0 Å². The summed E-state index contributed by atoms with van der Waals surface area (Å²) in [6, 6.07) is 8.23. The molecule has 116 valence electrons. The summed E-state index contributed by atoms with van der Waals surface area (Å²) in [4.78, 5) is 14.3. The highest BCUT2D eigenvalue weighted by atomic mass is 16.2. The molecule has 1 N–H and O–H groups in total. The van der Waals surface area contributed by atoms with Crippen LogP contribution in [0.3, 0.4) is 0 Å². The normalized spacial score (nSPS) is 20.0. The van der Waals surface area contributed by atoms with Crippen LogP contribution in [0.2, 0.25) is 0 Å². The Morgan fingerprint density at radius 2 is 1.81 bits per heavy atom. The summed E-state index contributed by atoms with van der Waals surface area (Å²) in [6.45, 7) is 10.6. The average molecular weight is 288 g/mol. The van der Waals surface area contributed by atoms with Gasteiger partial charge in [0.25, 0.3) is 0 Å². The minimum Gasteiger partial charge on any atom is -0.325 e. The van der Waals surface area contributed by atoms with Gasteiger partial charge in [0, 0.05) is 18.8 Å². The average Bonchev–Trinajstić information content (AvgIpc) is 2.63. The quantitative estimate of drug-likeness (QED) is 0.802. The number of amides is 2. The van der Waals surface area contributed by atoms with Crippen LogP contribution >= 0.6 is 0 Å². The lowest BCUT2D eigenvalue weighted by Gasteiger charge is -2.22. The lowest BCUT2D eigenvalue weighted by atomic mass is 9.87. The number of hydrogen-bond donors (Lipinski definition) is 1. The van der Waals surface area contributed by atoms with Crippen LogP contribution in [-0.2, 0) is 5.41 Å². The molecule has 1 aromatic rings. The van der Waals surface area contributed by atoms with Crippen molar-refractivity contribution in [2.45, 2.75) is 52.4 Å². The minimum atomic E-state index is 0.0348. The molecular formula is C18H28N2O. The molecule has 0 saturated carbocycles. The van der Waals surface area contributed by atoms with E-state index in [4.69, 9.17) is 0 Å². The van der Waals surface area contributed by atoms with Crippen LogP contribution in [-0.4, -0.2) is 24.0 Å². The standard InChI is InChI=1S/C18H28N2O/c1-14-6-5-12-20(13-11-14)17(21)19-16-9-7-15(8-10-16)18(2,3)4/h7-10,14H,5-6,11-13H2,1-4H3,(H,19,21). The molecule has 0 bridgehead atoms. The number of nitrogens with zero attached hydrogens (tertiary/aromatic N) is 1. The van der Waals surface area contributed by atoms with Crippen molar-refractivity contribution in [3.05, 3.63) is 29.8 Å². The van der Waals surface area contributed by atoms with Crippen LogP contribution < -0.4 is 5.32 Å². The molecule has 0 aliphatic carbocycles. The highest BCUT2D eigenvalue weighted by Crippen LogP contribution is 2.24. The molecule has 1 fully saturated rings. The summed E-state index contributed by atoms with van der Waals surface area (Å²) in [7, 11) is 0. The molecule has 2 rings (SSSR count). The first-order valence-electron chi connectivity index (χ1n) is 8.03. The van der Waals surface area contributed by atoms with Crippen molar-refractivity contribution in [1.82, 2.24) is 4.90 Å². The molecule has 2 amide bonds. The number of anilines is 1. The van der Waals surface area contributed by atoms with Crippen molar-refractivity contribution >= 4 is 11.7 Å². The van der Waals surface area contributed by atoms with Crippen LogP contribution in [0, 0.1) is 5.92 Å². The van der Waals surface area contributed by atoms with E-state index in [1.807, 2.05) is 17.0 Å². The molecule has 1 saturated heterocycles. The number of hydrogen-bond acceptors (Lipinski definition) is 1. The Labute approximate surface area is 128 Å². The number of urea groups is 1. The third-order valence-corrected chi connectivity index (χ3v) is 4.31. The van der Waals surface area contributed by atoms with E-state index in [1.165, 1.54) is 12.0 Å². The van der Waals surface area contributed by atoms with E-state index < -0.39 is 0 Å². The van der Waals surface area contributed by atoms with Crippen molar-refractivity contribution in [3.8, 4) is 0 Å². The van der Waals surface area contributed by atoms with Gasteiger partial charge in [0.2, 0.25) is 0 Å². The number of rotatable bonds is 1. The molecule has 1 aliphatic heterocycles. The van der Waals surface area contributed by atoms with Crippen molar-refractivity contribution in [2.24, 2.45) is 5.92 Å². The van der Waals surface area contributed by atoms with E-state index in [-0.39, 0.29) is 11.4 Å². The first kappa shape index (κ1) is 15.9. The molecule has 1 aromatic carbocycles. The SMILES string of the molecule is CC1CCCN(C(=O)Nc2ccc(C(C)(C)C)cc2)CC1. The Kier molecular flexibility index (Phi) is 4.92. The molecule has 3 heteroatoms.